The van der Waals surface area contributed by atoms with Crippen molar-refractivity contribution in [1.29, 1.82) is 0 Å². The van der Waals surface area contributed by atoms with E-state index in [1.807, 2.05) is 24.3 Å². The Balaban J connectivity index is 1.80. The van der Waals surface area contributed by atoms with Gasteiger partial charge in [0.1, 0.15) is 5.75 Å². The SMILES string of the molecule is COc1cccc(C(O)C2Cc3ccccc3C2)c1. The van der Waals surface area contributed by atoms with E-state index in [-0.39, 0.29) is 5.92 Å². The molecule has 0 fully saturated rings. The summed E-state index contributed by atoms with van der Waals surface area (Å²) in [4.78, 5) is 0. The quantitative estimate of drug-likeness (QED) is 0.911. The third-order valence-corrected chi connectivity index (χ3v) is 3.96. The number of aliphatic hydroxyl groups is 1. The van der Waals surface area contributed by atoms with Crippen LogP contribution in [0.1, 0.15) is 22.8 Å². The van der Waals surface area contributed by atoms with Crippen molar-refractivity contribution >= 4 is 0 Å². The fourth-order valence-electron chi connectivity index (χ4n) is 2.91. The summed E-state index contributed by atoms with van der Waals surface area (Å²) in [6.07, 6.45) is 1.48. The molecule has 0 saturated carbocycles. The molecule has 2 aromatic carbocycles. The summed E-state index contributed by atoms with van der Waals surface area (Å²) in [7, 11) is 1.65. The first-order valence-corrected chi connectivity index (χ1v) is 6.66. The van der Waals surface area contributed by atoms with Crippen molar-refractivity contribution in [2.24, 2.45) is 5.92 Å². The van der Waals surface area contributed by atoms with E-state index >= 15 is 0 Å². The number of fused-ring (bicyclic) bond motifs is 1. The van der Waals surface area contributed by atoms with E-state index in [0.717, 1.165) is 24.2 Å². The van der Waals surface area contributed by atoms with Crippen molar-refractivity contribution < 1.29 is 9.84 Å². The van der Waals surface area contributed by atoms with Gasteiger partial charge in [-0.3, -0.25) is 0 Å². The van der Waals surface area contributed by atoms with Crippen LogP contribution in [-0.2, 0) is 12.8 Å². The van der Waals surface area contributed by atoms with Crippen molar-refractivity contribution in [3.63, 3.8) is 0 Å². The van der Waals surface area contributed by atoms with Gasteiger partial charge >= 0.3 is 0 Å². The highest BCUT2D eigenvalue weighted by Gasteiger charge is 2.28. The molecule has 1 atom stereocenters. The molecule has 0 amide bonds. The van der Waals surface area contributed by atoms with E-state index in [0.29, 0.717) is 0 Å². The lowest BCUT2D eigenvalue weighted by Gasteiger charge is -2.18. The smallest absolute Gasteiger partial charge is 0.119 e. The largest absolute Gasteiger partial charge is 0.497 e. The maximum Gasteiger partial charge on any atom is 0.119 e. The zero-order chi connectivity index (χ0) is 13.2. The fraction of sp³-hybridized carbons (Fsp3) is 0.294. The third-order valence-electron chi connectivity index (χ3n) is 3.96. The zero-order valence-corrected chi connectivity index (χ0v) is 11.0. The molecule has 0 aliphatic heterocycles. The molecule has 3 rings (SSSR count). The minimum atomic E-state index is -0.428. The number of methoxy groups -OCH3 is 1. The normalized spacial score (nSPS) is 16.1. The van der Waals surface area contributed by atoms with Crippen molar-refractivity contribution in [3.8, 4) is 5.75 Å². The van der Waals surface area contributed by atoms with Gasteiger partial charge in [-0.1, -0.05) is 36.4 Å². The molecule has 0 radical (unpaired) electrons. The van der Waals surface area contributed by atoms with Gasteiger partial charge in [0.15, 0.2) is 0 Å². The molecule has 2 nitrogen and oxygen atoms in total. The van der Waals surface area contributed by atoms with Crippen LogP contribution in [0.5, 0.6) is 5.75 Å². The van der Waals surface area contributed by atoms with E-state index in [1.165, 1.54) is 11.1 Å². The second-order valence-corrected chi connectivity index (χ2v) is 5.16. The highest BCUT2D eigenvalue weighted by Crippen LogP contribution is 2.35. The highest BCUT2D eigenvalue weighted by atomic mass is 16.5. The minimum Gasteiger partial charge on any atom is -0.497 e. The number of rotatable bonds is 3. The molecule has 0 heterocycles. The van der Waals surface area contributed by atoms with E-state index in [2.05, 4.69) is 24.3 Å². The lowest BCUT2D eigenvalue weighted by atomic mass is 9.93. The average molecular weight is 254 g/mol. The van der Waals surface area contributed by atoms with E-state index in [4.69, 9.17) is 4.74 Å². The Labute approximate surface area is 113 Å². The van der Waals surface area contributed by atoms with Gasteiger partial charge in [-0.05, 0) is 47.6 Å². The molecular weight excluding hydrogens is 236 g/mol. The predicted molar refractivity (Wildman–Crippen MR) is 75.3 cm³/mol. The second kappa shape index (κ2) is 5.06. The monoisotopic (exact) mass is 254 g/mol. The lowest BCUT2D eigenvalue weighted by molar-refractivity contribution is 0.113. The minimum absolute atomic E-state index is 0.268. The number of aliphatic hydroxyl groups excluding tert-OH is 1. The van der Waals surface area contributed by atoms with Crippen LogP contribution in [0.2, 0.25) is 0 Å². The van der Waals surface area contributed by atoms with Gasteiger partial charge in [-0.15, -0.1) is 0 Å². The zero-order valence-electron chi connectivity index (χ0n) is 11.0. The first-order chi connectivity index (χ1) is 9.28. The maximum atomic E-state index is 10.6. The molecule has 0 bridgehead atoms. The molecule has 1 aliphatic rings. The maximum absolute atomic E-state index is 10.6. The van der Waals surface area contributed by atoms with Gasteiger partial charge in [0.05, 0.1) is 13.2 Å². The Kier molecular flexibility index (Phi) is 3.26. The van der Waals surface area contributed by atoms with Crippen LogP contribution < -0.4 is 4.74 Å². The van der Waals surface area contributed by atoms with Crippen molar-refractivity contribution in [3.05, 3.63) is 65.2 Å². The number of hydrogen-bond acceptors (Lipinski definition) is 2. The van der Waals surface area contributed by atoms with Crippen LogP contribution in [0.15, 0.2) is 48.5 Å². The topological polar surface area (TPSA) is 29.5 Å². The first kappa shape index (κ1) is 12.2. The van der Waals surface area contributed by atoms with E-state index in [9.17, 15) is 5.11 Å². The molecule has 0 spiro atoms. The first-order valence-electron chi connectivity index (χ1n) is 6.66. The van der Waals surface area contributed by atoms with Gasteiger partial charge in [0, 0.05) is 0 Å². The summed E-state index contributed by atoms with van der Waals surface area (Å²) in [5.41, 5.74) is 3.68. The van der Waals surface area contributed by atoms with Crippen molar-refractivity contribution in [2.75, 3.05) is 7.11 Å². The second-order valence-electron chi connectivity index (χ2n) is 5.16. The van der Waals surface area contributed by atoms with Crippen molar-refractivity contribution in [1.82, 2.24) is 0 Å². The van der Waals surface area contributed by atoms with Gasteiger partial charge in [-0.2, -0.15) is 0 Å². The van der Waals surface area contributed by atoms with E-state index < -0.39 is 6.10 Å². The highest BCUT2D eigenvalue weighted by molar-refractivity contribution is 5.35. The molecule has 1 N–H and O–H groups in total. The van der Waals surface area contributed by atoms with Crippen LogP contribution in [0.25, 0.3) is 0 Å². The summed E-state index contributed by atoms with van der Waals surface area (Å²) in [5.74, 6) is 1.07. The molecule has 2 aromatic rings. The molecular formula is C17H18O2. The third kappa shape index (κ3) is 2.36. The summed E-state index contributed by atoms with van der Waals surface area (Å²) in [5, 5.41) is 10.6. The van der Waals surface area contributed by atoms with Crippen LogP contribution in [0.4, 0.5) is 0 Å². The van der Waals surface area contributed by atoms with Crippen LogP contribution in [0.3, 0.4) is 0 Å². The number of benzene rings is 2. The van der Waals surface area contributed by atoms with E-state index in [1.54, 1.807) is 7.11 Å². The van der Waals surface area contributed by atoms with Crippen LogP contribution >= 0.6 is 0 Å². The fourth-order valence-corrected chi connectivity index (χ4v) is 2.91. The lowest BCUT2D eigenvalue weighted by Crippen LogP contribution is -2.12. The molecule has 98 valence electrons. The molecule has 1 unspecified atom stereocenters. The average Bonchev–Trinajstić information content (AvgIpc) is 2.90. The van der Waals surface area contributed by atoms with Crippen molar-refractivity contribution in [2.45, 2.75) is 18.9 Å². The molecule has 1 aliphatic carbocycles. The molecule has 0 aromatic heterocycles. The number of hydrogen-bond donors (Lipinski definition) is 1. The Morgan fingerprint density at radius 3 is 2.37 bits per heavy atom. The molecule has 19 heavy (non-hydrogen) atoms. The standard InChI is InChI=1S/C17H18O2/c1-19-16-8-4-7-14(11-16)17(18)15-9-12-5-2-3-6-13(12)10-15/h2-8,11,15,17-18H,9-10H2,1H3. The Bertz CT molecular complexity index is 552. The Morgan fingerprint density at radius 1 is 1.05 bits per heavy atom. The summed E-state index contributed by atoms with van der Waals surface area (Å²) < 4.78 is 5.22. The molecule has 0 saturated heterocycles. The molecule has 2 heteroatoms. The summed E-state index contributed by atoms with van der Waals surface area (Å²) >= 11 is 0. The summed E-state index contributed by atoms with van der Waals surface area (Å²) in [6.45, 7) is 0. The van der Waals surface area contributed by atoms with Gasteiger partial charge in [0.25, 0.3) is 0 Å². The van der Waals surface area contributed by atoms with Crippen LogP contribution in [0, 0.1) is 5.92 Å². The Hall–Kier alpha value is -1.80. The number of ether oxygens (including phenoxy) is 1. The Morgan fingerprint density at radius 2 is 1.74 bits per heavy atom. The van der Waals surface area contributed by atoms with Crippen LogP contribution in [-0.4, -0.2) is 12.2 Å². The van der Waals surface area contributed by atoms with Gasteiger partial charge in [-0.25, -0.2) is 0 Å². The predicted octanol–water partition coefficient (Wildman–Crippen LogP) is 3.14. The summed E-state index contributed by atoms with van der Waals surface area (Å²) in [6, 6.07) is 16.2. The van der Waals surface area contributed by atoms with Gasteiger partial charge in [0.2, 0.25) is 0 Å². The van der Waals surface area contributed by atoms with Gasteiger partial charge < -0.3 is 9.84 Å².